The van der Waals surface area contributed by atoms with Gasteiger partial charge >= 0.3 is 6.03 Å². The molecule has 0 saturated carbocycles. The van der Waals surface area contributed by atoms with Crippen molar-refractivity contribution in [3.8, 4) is 11.1 Å². The second kappa shape index (κ2) is 9.14. The molecule has 4 heteroatoms. The van der Waals surface area contributed by atoms with Gasteiger partial charge in [-0.1, -0.05) is 72.8 Å². The molecule has 1 aliphatic heterocycles. The van der Waals surface area contributed by atoms with E-state index in [4.69, 9.17) is 0 Å². The van der Waals surface area contributed by atoms with Crippen molar-refractivity contribution in [2.45, 2.75) is 13.0 Å². The van der Waals surface area contributed by atoms with Crippen LogP contribution < -0.4 is 10.2 Å². The van der Waals surface area contributed by atoms with Gasteiger partial charge in [0.2, 0.25) is 0 Å². The molecule has 4 rings (SSSR count). The summed E-state index contributed by atoms with van der Waals surface area (Å²) in [7, 11) is 4.17. The lowest BCUT2D eigenvalue weighted by molar-refractivity contribution is 0.241. The summed E-state index contributed by atoms with van der Waals surface area (Å²) in [5.41, 5.74) is 5.76. The summed E-state index contributed by atoms with van der Waals surface area (Å²) in [6.07, 6.45) is 1.01. The highest BCUT2D eigenvalue weighted by Crippen LogP contribution is 2.30. The fraction of sp³-hybridized carbons (Fsp3) is 0.269. The lowest BCUT2D eigenvalue weighted by Gasteiger charge is -2.35. The Hall–Kier alpha value is -3.11. The first-order valence-electron chi connectivity index (χ1n) is 10.5. The number of fused-ring (bicyclic) bond motifs is 1. The number of carbonyl (C=O) groups excluding carboxylic acids is 1. The van der Waals surface area contributed by atoms with Crippen LogP contribution in [0.5, 0.6) is 0 Å². The number of anilines is 1. The monoisotopic (exact) mass is 399 g/mol. The Morgan fingerprint density at radius 2 is 1.60 bits per heavy atom. The van der Waals surface area contributed by atoms with Crippen molar-refractivity contribution in [2.24, 2.45) is 5.92 Å². The lowest BCUT2D eigenvalue weighted by Crippen LogP contribution is -2.47. The molecule has 3 aromatic carbocycles. The van der Waals surface area contributed by atoms with E-state index in [1.807, 2.05) is 29.2 Å². The predicted molar refractivity (Wildman–Crippen MR) is 124 cm³/mol. The van der Waals surface area contributed by atoms with E-state index in [0.29, 0.717) is 12.5 Å². The Bertz CT molecular complexity index is 983. The third kappa shape index (κ3) is 4.71. The minimum atomic E-state index is -0.0296. The number of urea groups is 1. The number of benzene rings is 3. The standard InChI is InChI=1S/C26H29N3O/c1-28(2)18-21-16-24-10-6-7-11-25(24)29(19-21)26(30)27-17-20-12-14-23(15-13-20)22-8-4-3-5-9-22/h3-15,21H,16-19H2,1-2H3,(H,27,30). The lowest BCUT2D eigenvalue weighted by atomic mass is 9.92. The SMILES string of the molecule is CN(C)CC1Cc2ccccc2N(C(=O)NCc2ccc(-c3ccccc3)cc2)C1. The molecular weight excluding hydrogens is 370 g/mol. The molecule has 1 N–H and O–H groups in total. The normalized spacial score (nSPS) is 15.7. The molecule has 30 heavy (non-hydrogen) atoms. The molecule has 0 radical (unpaired) electrons. The molecule has 0 spiro atoms. The van der Waals surface area contributed by atoms with Gasteiger partial charge in [-0.25, -0.2) is 4.79 Å². The zero-order valence-electron chi connectivity index (χ0n) is 17.7. The van der Waals surface area contributed by atoms with Crippen molar-refractivity contribution in [1.29, 1.82) is 0 Å². The van der Waals surface area contributed by atoms with E-state index in [1.54, 1.807) is 0 Å². The zero-order valence-corrected chi connectivity index (χ0v) is 17.7. The number of hydrogen-bond acceptors (Lipinski definition) is 2. The molecule has 0 bridgehead atoms. The van der Waals surface area contributed by atoms with Crippen LogP contribution in [0, 0.1) is 5.92 Å². The first kappa shape index (κ1) is 20.2. The van der Waals surface area contributed by atoms with Gasteiger partial charge in [-0.05, 0) is 54.8 Å². The van der Waals surface area contributed by atoms with Crippen LogP contribution in [-0.2, 0) is 13.0 Å². The van der Waals surface area contributed by atoms with Crippen LogP contribution in [0.4, 0.5) is 10.5 Å². The number of nitrogens with zero attached hydrogens (tertiary/aromatic N) is 2. The Kier molecular flexibility index (Phi) is 6.15. The average Bonchev–Trinajstić information content (AvgIpc) is 2.77. The first-order chi connectivity index (χ1) is 14.6. The van der Waals surface area contributed by atoms with Gasteiger partial charge in [0.25, 0.3) is 0 Å². The van der Waals surface area contributed by atoms with E-state index >= 15 is 0 Å². The fourth-order valence-electron chi connectivity index (χ4n) is 4.23. The number of para-hydroxylation sites is 1. The number of rotatable bonds is 5. The maximum atomic E-state index is 13.1. The van der Waals surface area contributed by atoms with Gasteiger partial charge in [0.15, 0.2) is 0 Å². The Labute approximate surface area is 179 Å². The number of amides is 2. The molecule has 3 aromatic rings. The quantitative estimate of drug-likeness (QED) is 0.669. The van der Waals surface area contributed by atoms with E-state index < -0.39 is 0 Å². The molecular formula is C26H29N3O. The molecule has 1 heterocycles. The zero-order chi connectivity index (χ0) is 20.9. The van der Waals surface area contributed by atoms with Crippen molar-refractivity contribution in [2.75, 3.05) is 32.1 Å². The Morgan fingerprint density at radius 1 is 0.933 bits per heavy atom. The van der Waals surface area contributed by atoms with Crippen molar-refractivity contribution in [3.63, 3.8) is 0 Å². The molecule has 0 aliphatic carbocycles. The van der Waals surface area contributed by atoms with Gasteiger partial charge in [0.05, 0.1) is 0 Å². The maximum Gasteiger partial charge on any atom is 0.322 e. The highest BCUT2D eigenvalue weighted by molar-refractivity contribution is 5.93. The van der Waals surface area contributed by atoms with Crippen LogP contribution >= 0.6 is 0 Å². The third-order valence-corrected chi connectivity index (χ3v) is 5.61. The van der Waals surface area contributed by atoms with Gasteiger partial charge in [-0.3, -0.25) is 4.90 Å². The fourth-order valence-corrected chi connectivity index (χ4v) is 4.23. The molecule has 2 amide bonds. The molecule has 1 atom stereocenters. The van der Waals surface area contributed by atoms with Crippen LogP contribution in [-0.4, -0.2) is 38.1 Å². The predicted octanol–water partition coefficient (Wildman–Crippen LogP) is 4.80. The third-order valence-electron chi connectivity index (χ3n) is 5.61. The van der Waals surface area contributed by atoms with E-state index in [-0.39, 0.29) is 6.03 Å². The molecule has 1 unspecified atom stereocenters. The second-order valence-electron chi connectivity index (χ2n) is 8.29. The summed E-state index contributed by atoms with van der Waals surface area (Å²) in [5, 5.41) is 3.12. The van der Waals surface area contributed by atoms with Gasteiger partial charge < -0.3 is 10.2 Å². The molecule has 0 fully saturated rings. The summed E-state index contributed by atoms with van der Waals surface area (Å²) >= 11 is 0. The minimum Gasteiger partial charge on any atom is -0.334 e. The summed E-state index contributed by atoms with van der Waals surface area (Å²) in [6, 6.07) is 26.9. The van der Waals surface area contributed by atoms with Crippen molar-refractivity contribution >= 4 is 11.7 Å². The first-order valence-corrected chi connectivity index (χ1v) is 10.5. The average molecular weight is 400 g/mol. The molecule has 154 valence electrons. The number of nitrogens with one attached hydrogen (secondary N) is 1. The molecule has 1 aliphatic rings. The molecule has 4 nitrogen and oxygen atoms in total. The van der Waals surface area contributed by atoms with Crippen molar-refractivity contribution < 1.29 is 4.79 Å². The largest absolute Gasteiger partial charge is 0.334 e. The van der Waals surface area contributed by atoms with Crippen LogP contribution in [0.25, 0.3) is 11.1 Å². The van der Waals surface area contributed by atoms with Crippen molar-refractivity contribution in [3.05, 3.63) is 90.0 Å². The Morgan fingerprint density at radius 3 is 2.33 bits per heavy atom. The molecule has 0 saturated heterocycles. The molecule has 0 aromatic heterocycles. The van der Waals surface area contributed by atoms with Gasteiger partial charge in [-0.15, -0.1) is 0 Å². The smallest absolute Gasteiger partial charge is 0.322 e. The second-order valence-corrected chi connectivity index (χ2v) is 8.29. The van der Waals surface area contributed by atoms with Gasteiger partial charge in [0.1, 0.15) is 0 Å². The number of hydrogen-bond donors (Lipinski definition) is 1. The van der Waals surface area contributed by atoms with E-state index in [9.17, 15) is 4.79 Å². The van der Waals surface area contributed by atoms with Gasteiger partial charge in [0, 0.05) is 25.3 Å². The maximum absolute atomic E-state index is 13.1. The summed E-state index contributed by atoms with van der Waals surface area (Å²) in [6.45, 7) is 2.23. The summed E-state index contributed by atoms with van der Waals surface area (Å²) in [5.74, 6) is 0.436. The van der Waals surface area contributed by atoms with Crippen LogP contribution in [0.2, 0.25) is 0 Å². The van der Waals surface area contributed by atoms with Crippen LogP contribution in [0.15, 0.2) is 78.9 Å². The summed E-state index contributed by atoms with van der Waals surface area (Å²) in [4.78, 5) is 17.2. The van der Waals surface area contributed by atoms with Crippen LogP contribution in [0.1, 0.15) is 11.1 Å². The van der Waals surface area contributed by atoms with E-state index in [1.165, 1.54) is 16.7 Å². The van der Waals surface area contributed by atoms with Gasteiger partial charge in [-0.2, -0.15) is 0 Å². The Balaban J connectivity index is 1.43. The van der Waals surface area contributed by atoms with E-state index in [2.05, 4.69) is 78.9 Å². The van der Waals surface area contributed by atoms with E-state index in [0.717, 1.165) is 30.8 Å². The highest BCUT2D eigenvalue weighted by atomic mass is 16.2. The number of carbonyl (C=O) groups is 1. The van der Waals surface area contributed by atoms with Crippen LogP contribution in [0.3, 0.4) is 0 Å². The summed E-state index contributed by atoms with van der Waals surface area (Å²) < 4.78 is 0. The van der Waals surface area contributed by atoms with Crippen molar-refractivity contribution in [1.82, 2.24) is 10.2 Å². The minimum absolute atomic E-state index is 0.0296. The highest BCUT2D eigenvalue weighted by Gasteiger charge is 2.28. The topological polar surface area (TPSA) is 35.6 Å².